The number of ether oxygens (including phenoxy) is 1. The first-order valence-corrected chi connectivity index (χ1v) is 7.44. The third-order valence-corrected chi connectivity index (χ3v) is 3.05. The highest BCUT2D eigenvalue weighted by Gasteiger charge is 1.93. The van der Waals surface area contributed by atoms with Gasteiger partial charge in [-0.05, 0) is 18.4 Å². The second kappa shape index (κ2) is 16.8. The monoisotopic (exact) mass is 265 g/mol. The molecule has 0 aliphatic rings. The minimum Gasteiger partial charge on any atom is -0.369 e. The zero-order valence-corrected chi connectivity index (χ0v) is 12.0. The Morgan fingerprint density at radius 2 is 1.42 bits per heavy atom. The molecule has 4 heteroatoms. The van der Waals surface area contributed by atoms with E-state index in [4.69, 9.17) is 16.7 Å². The lowest BCUT2D eigenvalue weighted by molar-refractivity contribution is 0.162. The summed E-state index contributed by atoms with van der Waals surface area (Å²) in [5.41, 5.74) is 8.11. The zero-order chi connectivity index (χ0) is 14.0. The zero-order valence-electron chi connectivity index (χ0n) is 12.0. The van der Waals surface area contributed by atoms with E-state index < -0.39 is 0 Å². The van der Waals surface area contributed by atoms with Crippen LogP contribution in [0.3, 0.4) is 0 Å². The van der Waals surface area contributed by atoms with Crippen LogP contribution in [0.1, 0.15) is 64.2 Å². The predicted octanol–water partition coefficient (Wildman–Crippen LogP) is 4.85. The summed E-state index contributed by atoms with van der Waals surface area (Å²) in [4.78, 5) is 2.74. The van der Waals surface area contributed by atoms with Gasteiger partial charge >= 0.3 is 0 Å². The molecule has 0 aliphatic heterocycles. The van der Waals surface area contributed by atoms with Crippen LogP contribution >= 0.6 is 0 Å². The highest BCUT2D eigenvalue weighted by molar-refractivity contribution is 4.82. The number of hydrogen-bond acceptors (Lipinski definition) is 2. The Hall–Kier alpha value is -1.17. The van der Waals surface area contributed by atoms with E-state index in [-0.39, 0.29) is 0 Å². The Bertz CT molecular complexity index is 267. The molecule has 0 aromatic heterocycles. The molecule has 4 nitrogen and oxygen atoms in total. The summed E-state index contributed by atoms with van der Waals surface area (Å²) in [5.74, 6) is 2.47. The molecule has 0 aromatic rings. The average molecular weight is 265 g/mol. The van der Waals surface area contributed by atoms with Crippen molar-refractivity contribution >= 4 is 0 Å². The highest BCUT2D eigenvalue weighted by atomic mass is 16.5. The molecule has 0 radical (unpaired) electrons. The molecule has 0 aliphatic carbocycles. The van der Waals surface area contributed by atoms with Gasteiger partial charge in [-0.2, -0.15) is 0 Å². The largest absolute Gasteiger partial charge is 0.369 e. The smallest absolute Gasteiger partial charge is 0.107 e. The lowest BCUT2D eigenvalue weighted by Crippen LogP contribution is -1.94. The molecule has 0 unspecified atom stereocenters. The molecule has 0 spiro atoms. The summed E-state index contributed by atoms with van der Waals surface area (Å²) in [6.07, 6.45) is 17.5. The van der Waals surface area contributed by atoms with E-state index in [9.17, 15) is 0 Å². The van der Waals surface area contributed by atoms with E-state index in [1.165, 1.54) is 51.4 Å². The van der Waals surface area contributed by atoms with Crippen LogP contribution < -0.4 is 0 Å². The summed E-state index contributed by atoms with van der Waals surface area (Å²) in [5, 5.41) is 3.53. The SMILES string of the molecule is C#CCOCCCCCCCCCCCCN=[N+]=[N-]. The highest BCUT2D eigenvalue weighted by Crippen LogP contribution is 2.10. The summed E-state index contributed by atoms with van der Waals surface area (Å²) >= 11 is 0. The fourth-order valence-corrected chi connectivity index (χ4v) is 1.98. The van der Waals surface area contributed by atoms with Gasteiger partial charge in [0.1, 0.15) is 6.61 Å². The van der Waals surface area contributed by atoms with E-state index >= 15 is 0 Å². The maximum Gasteiger partial charge on any atom is 0.107 e. The molecule has 0 rings (SSSR count). The molecule has 0 heterocycles. The van der Waals surface area contributed by atoms with Gasteiger partial charge in [-0.25, -0.2) is 0 Å². The first-order chi connectivity index (χ1) is 9.41. The fourth-order valence-electron chi connectivity index (χ4n) is 1.98. The van der Waals surface area contributed by atoms with Gasteiger partial charge in [0.05, 0.1) is 0 Å². The van der Waals surface area contributed by atoms with Gasteiger partial charge in [0.15, 0.2) is 0 Å². The molecular weight excluding hydrogens is 238 g/mol. The van der Waals surface area contributed by atoms with Crippen LogP contribution in [0.15, 0.2) is 5.11 Å². The minimum absolute atomic E-state index is 0.444. The third kappa shape index (κ3) is 16.8. The van der Waals surface area contributed by atoms with Gasteiger partial charge in [-0.3, -0.25) is 0 Å². The van der Waals surface area contributed by atoms with E-state index in [0.717, 1.165) is 19.4 Å². The van der Waals surface area contributed by atoms with Crippen molar-refractivity contribution in [2.45, 2.75) is 64.2 Å². The second-order valence-corrected chi connectivity index (χ2v) is 4.75. The van der Waals surface area contributed by atoms with Crippen LogP contribution in [-0.4, -0.2) is 19.8 Å². The van der Waals surface area contributed by atoms with Crippen molar-refractivity contribution in [3.05, 3.63) is 10.4 Å². The summed E-state index contributed by atoms with van der Waals surface area (Å²) in [6.45, 7) is 1.90. The normalized spacial score (nSPS) is 9.84. The predicted molar refractivity (Wildman–Crippen MR) is 79.8 cm³/mol. The van der Waals surface area contributed by atoms with Gasteiger partial charge in [0.25, 0.3) is 0 Å². The minimum atomic E-state index is 0.444. The van der Waals surface area contributed by atoms with Crippen molar-refractivity contribution in [2.24, 2.45) is 5.11 Å². The first kappa shape index (κ1) is 17.8. The van der Waals surface area contributed by atoms with Crippen LogP contribution in [0.2, 0.25) is 0 Å². The molecule has 0 atom stereocenters. The summed E-state index contributed by atoms with van der Waals surface area (Å²) < 4.78 is 5.22. The Kier molecular flexibility index (Phi) is 15.8. The Morgan fingerprint density at radius 3 is 1.95 bits per heavy atom. The van der Waals surface area contributed by atoms with E-state index in [2.05, 4.69) is 15.9 Å². The number of azide groups is 1. The van der Waals surface area contributed by atoms with Crippen molar-refractivity contribution in [1.29, 1.82) is 0 Å². The molecule has 0 saturated carbocycles. The van der Waals surface area contributed by atoms with E-state index in [1.54, 1.807) is 0 Å². The van der Waals surface area contributed by atoms with Crippen molar-refractivity contribution in [1.82, 2.24) is 0 Å². The second-order valence-electron chi connectivity index (χ2n) is 4.75. The molecular formula is C15H27N3O. The number of nitrogens with zero attached hydrogens (tertiary/aromatic N) is 3. The number of unbranched alkanes of at least 4 members (excludes halogenated alkanes) is 9. The van der Waals surface area contributed by atoms with Crippen LogP contribution in [0.4, 0.5) is 0 Å². The van der Waals surface area contributed by atoms with Gasteiger partial charge in [-0.1, -0.05) is 62.4 Å². The molecule has 0 N–H and O–H groups in total. The topological polar surface area (TPSA) is 58.0 Å². The first-order valence-electron chi connectivity index (χ1n) is 7.44. The van der Waals surface area contributed by atoms with Crippen LogP contribution in [0, 0.1) is 12.3 Å². The standard InChI is InChI=1S/C15H27N3O/c1-2-14-19-15-12-10-8-6-4-3-5-7-9-11-13-17-18-16/h1H,3-15H2. The third-order valence-electron chi connectivity index (χ3n) is 3.05. The quantitative estimate of drug-likeness (QED) is 0.146. The van der Waals surface area contributed by atoms with E-state index in [0.29, 0.717) is 13.2 Å². The molecule has 0 bridgehead atoms. The maximum atomic E-state index is 8.11. The number of hydrogen-bond donors (Lipinski definition) is 0. The lowest BCUT2D eigenvalue weighted by atomic mass is 10.1. The summed E-state index contributed by atoms with van der Waals surface area (Å²) in [7, 11) is 0. The molecule has 0 saturated heterocycles. The van der Waals surface area contributed by atoms with Gasteiger partial charge in [0.2, 0.25) is 0 Å². The van der Waals surface area contributed by atoms with Crippen molar-refractivity contribution in [3.63, 3.8) is 0 Å². The molecule has 19 heavy (non-hydrogen) atoms. The average Bonchev–Trinajstić information content (AvgIpc) is 2.43. The van der Waals surface area contributed by atoms with Gasteiger partial charge in [-0.15, -0.1) is 6.42 Å². The lowest BCUT2D eigenvalue weighted by Gasteiger charge is -2.02. The van der Waals surface area contributed by atoms with Crippen LogP contribution in [0.25, 0.3) is 10.4 Å². The number of rotatable bonds is 14. The van der Waals surface area contributed by atoms with Gasteiger partial charge < -0.3 is 4.74 Å². The van der Waals surface area contributed by atoms with Crippen LogP contribution in [0.5, 0.6) is 0 Å². The number of terminal acetylenes is 1. The molecule has 0 amide bonds. The van der Waals surface area contributed by atoms with E-state index in [1.807, 2.05) is 0 Å². The molecule has 0 fully saturated rings. The Balaban J connectivity index is 2.95. The van der Waals surface area contributed by atoms with Crippen molar-refractivity contribution < 1.29 is 4.74 Å². The Labute approximate surface area is 117 Å². The van der Waals surface area contributed by atoms with Gasteiger partial charge in [0, 0.05) is 18.1 Å². The maximum absolute atomic E-state index is 8.11. The fraction of sp³-hybridized carbons (Fsp3) is 0.867. The van der Waals surface area contributed by atoms with Crippen LogP contribution in [-0.2, 0) is 4.74 Å². The Morgan fingerprint density at radius 1 is 0.895 bits per heavy atom. The summed E-state index contributed by atoms with van der Waals surface area (Å²) in [6, 6.07) is 0. The van der Waals surface area contributed by atoms with Crippen molar-refractivity contribution in [3.8, 4) is 12.3 Å². The molecule has 0 aromatic carbocycles. The molecule has 108 valence electrons. The van der Waals surface area contributed by atoms with Crippen molar-refractivity contribution in [2.75, 3.05) is 19.8 Å².